The first-order valence-electron chi connectivity index (χ1n) is 8.98. The number of amides is 1. The van der Waals surface area contributed by atoms with Crippen LogP contribution in [0, 0.1) is 23.0 Å². The molecule has 6 nitrogen and oxygen atoms in total. The van der Waals surface area contributed by atoms with E-state index >= 15 is 0 Å². The number of benzene rings is 1. The lowest BCUT2D eigenvalue weighted by Crippen LogP contribution is -3.14. The van der Waals surface area contributed by atoms with Gasteiger partial charge in [0.25, 0.3) is 11.6 Å². The molecule has 1 aliphatic carbocycles. The smallest absolute Gasteiger partial charge is 0.279 e. The van der Waals surface area contributed by atoms with Gasteiger partial charge in [0, 0.05) is 34.9 Å². The number of nitro groups is 1. The number of thiophene rings is 1. The summed E-state index contributed by atoms with van der Waals surface area (Å²) < 4.78 is 0. The molecule has 1 saturated carbocycles. The number of non-ortho nitro benzene ring substituents is 1. The number of quaternary nitrogens is 1. The van der Waals surface area contributed by atoms with E-state index in [1.807, 2.05) is 18.3 Å². The highest BCUT2D eigenvalue weighted by Crippen LogP contribution is 2.42. The van der Waals surface area contributed by atoms with E-state index in [0.717, 1.165) is 18.5 Å². The van der Waals surface area contributed by atoms with E-state index in [9.17, 15) is 14.9 Å². The lowest BCUT2D eigenvalue weighted by molar-refractivity contribution is -0.928. The molecule has 1 amide bonds. The van der Waals surface area contributed by atoms with Crippen molar-refractivity contribution in [1.29, 1.82) is 0 Å². The van der Waals surface area contributed by atoms with Crippen LogP contribution < -0.4 is 10.2 Å². The SMILES string of the molecule is Cc1ccc([N+](=O)[O-])cc1NC(=O)C[NH+]1CCc2sccc2[C@H]1C1CC1. The van der Waals surface area contributed by atoms with Crippen molar-refractivity contribution in [3.63, 3.8) is 0 Å². The fourth-order valence-electron chi connectivity index (χ4n) is 3.95. The summed E-state index contributed by atoms with van der Waals surface area (Å²) in [5.74, 6) is 0.610. The maximum atomic E-state index is 12.7. The number of nitrogens with one attached hydrogen (secondary N) is 2. The van der Waals surface area contributed by atoms with E-state index < -0.39 is 4.92 Å². The zero-order valence-electron chi connectivity index (χ0n) is 14.7. The van der Waals surface area contributed by atoms with Crippen molar-refractivity contribution in [2.45, 2.75) is 32.2 Å². The summed E-state index contributed by atoms with van der Waals surface area (Å²) in [6.45, 7) is 3.21. The van der Waals surface area contributed by atoms with Crippen LogP contribution >= 0.6 is 11.3 Å². The normalized spacial score (nSPS) is 21.9. The summed E-state index contributed by atoms with van der Waals surface area (Å²) in [6.07, 6.45) is 3.51. The van der Waals surface area contributed by atoms with Crippen molar-refractivity contribution in [1.82, 2.24) is 0 Å². The minimum atomic E-state index is -0.438. The Morgan fingerprint density at radius 1 is 1.38 bits per heavy atom. The molecule has 0 saturated heterocycles. The van der Waals surface area contributed by atoms with Gasteiger partial charge < -0.3 is 10.2 Å². The Kier molecular flexibility index (Phi) is 4.50. The van der Waals surface area contributed by atoms with E-state index in [1.54, 1.807) is 6.07 Å². The third-order valence-electron chi connectivity index (χ3n) is 5.42. The molecular formula is C19H22N3O3S+. The summed E-state index contributed by atoms with van der Waals surface area (Å²) >= 11 is 1.83. The molecule has 0 bridgehead atoms. The Morgan fingerprint density at radius 2 is 2.19 bits per heavy atom. The largest absolute Gasteiger partial charge is 0.321 e. The summed E-state index contributed by atoms with van der Waals surface area (Å²) in [4.78, 5) is 26.0. The molecule has 0 spiro atoms. The fraction of sp³-hybridized carbons (Fsp3) is 0.421. The molecule has 1 aliphatic heterocycles. The van der Waals surface area contributed by atoms with Crippen LogP contribution in [0.15, 0.2) is 29.6 Å². The van der Waals surface area contributed by atoms with Crippen molar-refractivity contribution in [3.05, 3.63) is 55.8 Å². The number of hydrogen-bond acceptors (Lipinski definition) is 4. The standard InChI is InChI=1S/C19H21N3O3S/c1-12-2-5-14(22(24)25)10-16(12)20-18(23)11-21-8-6-17-15(7-9-26-17)19(21)13-3-4-13/h2,5,7,9-10,13,19H,3-4,6,8,11H2,1H3,(H,20,23)/p+1/t19-/m1/s1. The highest BCUT2D eigenvalue weighted by molar-refractivity contribution is 7.10. The predicted molar refractivity (Wildman–Crippen MR) is 101 cm³/mol. The van der Waals surface area contributed by atoms with E-state index in [2.05, 4.69) is 16.8 Å². The third-order valence-corrected chi connectivity index (χ3v) is 6.41. The molecule has 1 unspecified atom stereocenters. The van der Waals surface area contributed by atoms with Crippen molar-refractivity contribution in [2.24, 2.45) is 5.92 Å². The Balaban J connectivity index is 1.48. The predicted octanol–water partition coefficient (Wildman–Crippen LogP) is 2.50. The van der Waals surface area contributed by atoms with Gasteiger partial charge in [-0.1, -0.05) is 6.07 Å². The van der Waals surface area contributed by atoms with E-state index in [-0.39, 0.29) is 11.6 Å². The molecular weight excluding hydrogens is 350 g/mol. The van der Waals surface area contributed by atoms with Gasteiger partial charge in [0.2, 0.25) is 0 Å². The van der Waals surface area contributed by atoms with Crippen molar-refractivity contribution in [2.75, 3.05) is 18.4 Å². The first kappa shape index (κ1) is 17.2. The van der Waals surface area contributed by atoms with Gasteiger partial charge >= 0.3 is 0 Å². The van der Waals surface area contributed by atoms with Gasteiger partial charge in [0.1, 0.15) is 6.04 Å². The molecule has 7 heteroatoms. The van der Waals surface area contributed by atoms with Gasteiger partial charge in [-0.2, -0.15) is 0 Å². The second-order valence-corrected chi connectivity index (χ2v) is 8.25. The molecule has 2 N–H and O–H groups in total. The Labute approximate surface area is 156 Å². The van der Waals surface area contributed by atoms with Crippen LogP contribution in [0.5, 0.6) is 0 Å². The third kappa shape index (κ3) is 3.37. The van der Waals surface area contributed by atoms with Gasteiger partial charge in [-0.05, 0) is 36.8 Å². The van der Waals surface area contributed by atoms with Gasteiger partial charge in [-0.15, -0.1) is 11.3 Å². The van der Waals surface area contributed by atoms with Crippen LogP contribution in [0.4, 0.5) is 11.4 Å². The summed E-state index contributed by atoms with van der Waals surface area (Å²) in [5.41, 5.74) is 2.78. The molecule has 2 aliphatic rings. The van der Waals surface area contributed by atoms with E-state index in [1.165, 1.54) is 40.3 Å². The van der Waals surface area contributed by atoms with Crippen LogP contribution in [0.25, 0.3) is 0 Å². The maximum Gasteiger partial charge on any atom is 0.279 e. The van der Waals surface area contributed by atoms with Gasteiger partial charge in [0.15, 0.2) is 6.54 Å². The highest BCUT2D eigenvalue weighted by atomic mass is 32.1. The molecule has 2 atom stereocenters. The van der Waals surface area contributed by atoms with Crippen molar-refractivity contribution in [3.8, 4) is 0 Å². The molecule has 26 heavy (non-hydrogen) atoms. The Morgan fingerprint density at radius 3 is 2.92 bits per heavy atom. The topological polar surface area (TPSA) is 76.7 Å². The molecule has 1 aromatic heterocycles. The maximum absolute atomic E-state index is 12.7. The average Bonchev–Trinajstić information content (AvgIpc) is 3.32. The first-order valence-corrected chi connectivity index (χ1v) is 9.86. The first-order chi connectivity index (χ1) is 12.5. The molecule has 1 aromatic carbocycles. The lowest BCUT2D eigenvalue weighted by Gasteiger charge is -2.32. The monoisotopic (exact) mass is 372 g/mol. The van der Waals surface area contributed by atoms with Crippen LogP contribution in [0.1, 0.15) is 34.9 Å². The van der Waals surface area contributed by atoms with Crippen LogP contribution in [-0.4, -0.2) is 23.9 Å². The molecule has 2 aromatic rings. The number of hydrogen-bond donors (Lipinski definition) is 2. The molecule has 4 rings (SSSR count). The zero-order chi connectivity index (χ0) is 18.3. The number of aryl methyl sites for hydroxylation is 1. The number of fused-ring (bicyclic) bond motifs is 1. The molecule has 2 heterocycles. The van der Waals surface area contributed by atoms with Gasteiger partial charge in [-0.3, -0.25) is 14.9 Å². The number of nitrogens with zero attached hydrogens (tertiary/aromatic N) is 1. The van der Waals surface area contributed by atoms with E-state index in [4.69, 9.17) is 0 Å². The fourth-order valence-corrected chi connectivity index (χ4v) is 4.88. The second-order valence-electron chi connectivity index (χ2n) is 7.25. The molecule has 0 radical (unpaired) electrons. The summed E-state index contributed by atoms with van der Waals surface area (Å²) in [6, 6.07) is 7.22. The second kappa shape index (κ2) is 6.81. The Hall–Kier alpha value is -2.25. The highest BCUT2D eigenvalue weighted by Gasteiger charge is 2.43. The number of anilines is 1. The van der Waals surface area contributed by atoms with Gasteiger partial charge in [-0.25, -0.2) is 0 Å². The number of carbonyl (C=O) groups excluding carboxylic acids is 1. The molecule has 136 valence electrons. The van der Waals surface area contributed by atoms with Crippen LogP contribution in [-0.2, 0) is 11.2 Å². The minimum absolute atomic E-state index is 0.00464. The number of rotatable bonds is 5. The molecule has 1 fully saturated rings. The summed E-state index contributed by atoms with van der Waals surface area (Å²) in [5, 5.41) is 16.0. The van der Waals surface area contributed by atoms with Crippen molar-refractivity contribution < 1.29 is 14.6 Å². The van der Waals surface area contributed by atoms with E-state index in [0.29, 0.717) is 24.2 Å². The van der Waals surface area contributed by atoms with Gasteiger partial charge in [0.05, 0.1) is 17.2 Å². The quantitative estimate of drug-likeness (QED) is 0.625. The van der Waals surface area contributed by atoms with Crippen LogP contribution in [0.3, 0.4) is 0 Å². The summed E-state index contributed by atoms with van der Waals surface area (Å²) in [7, 11) is 0. The van der Waals surface area contributed by atoms with Crippen molar-refractivity contribution >= 4 is 28.6 Å². The van der Waals surface area contributed by atoms with Crippen LogP contribution in [0.2, 0.25) is 0 Å². The minimum Gasteiger partial charge on any atom is -0.321 e. The Bertz CT molecular complexity index is 859. The number of carbonyl (C=O) groups is 1. The average molecular weight is 372 g/mol. The zero-order valence-corrected chi connectivity index (χ0v) is 15.5. The lowest BCUT2D eigenvalue weighted by atomic mass is 9.96. The number of nitro benzene ring substituents is 1.